The van der Waals surface area contributed by atoms with Crippen LogP contribution in [0.3, 0.4) is 0 Å². The van der Waals surface area contributed by atoms with Crippen molar-refractivity contribution in [3.05, 3.63) is 93.1 Å². The van der Waals surface area contributed by atoms with Gasteiger partial charge in [0.15, 0.2) is 27.4 Å². The number of furan rings is 1. The summed E-state index contributed by atoms with van der Waals surface area (Å²) in [6, 6.07) is 11.4. The Kier molecular flexibility index (Phi) is 7.35. The third kappa shape index (κ3) is 4.85. The molecule has 1 unspecified atom stereocenters. The molecule has 2 aromatic carbocycles. The second-order valence-corrected chi connectivity index (χ2v) is 11.0. The number of nitrogens with zero attached hydrogens (tertiary/aromatic N) is 3. The third-order valence-corrected chi connectivity index (χ3v) is 8.38. The lowest BCUT2D eigenvalue weighted by atomic mass is 9.95. The normalized spacial score (nSPS) is 15.4. The number of methoxy groups -OCH3 is 1. The number of aromatic nitrogens is 2. The fraction of sp³-hybridized carbons (Fsp3) is 0.120. The number of amides is 1. The van der Waals surface area contributed by atoms with Crippen molar-refractivity contribution < 1.29 is 29.0 Å². The largest absolute Gasteiger partial charge is 0.504 e. The molecule has 4 aromatic rings. The van der Waals surface area contributed by atoms with Crippen LogP contribution in [0.15, 0.2) is 74.9 Å². The van der Waals surface area contributed by atoms with E-state index >= 15 is 0 Å². The van der Waals surface area contributed by atoms with Crippen molar-refractivity contribution in [2.24, 2.45) is 0 Å². The van der Waals surface area contributed by atoms with E-state index in [1.165, 1.54) is 60.4 Å². The molecule has 0 saturated heterocycles. The van der Waals surface area contributed by atoms with Gasteiger partial charge >= 0.3 is 0 Å². The van der Waals surface area contributed by atoms with Crippen molar-refractivity contribution in [3.63, 3.8) is 0 Å². The highest BCUT2D eigenvalue weighted by molar-refractivity contribution is 8.00. The number of hydrogen-bond acceptors (Lipinski definition) is 10. The van der Waals surface area contributed by atoms with Gasteiger partial charge in [-0.05, 0) is 47.5 Å². The van der Waals surface area contributed by atoms with Gasteiger partial charge in [-0.2, -0.15) is 0 Å². The minimum Gasteiger partial charge on any atom is -0.504 e. The number of phenolic OH excluding ortho intramolecular Hbond substituents is 1. The van der Waals surface area contributed by atoms with E-state index in [2.05, 4.69) is 10.2 Å². The second kappa shape index (κ2) is 10.7. The summed E-state index contributed by atoms with van der Waals surface area (Å²) in [4.78, 5) is 27.8. The fourth-order valence-electron chi connectivity index (χ4n) is 3.89. The lowest BCUT2D eigenvalue weighted by molar-refractivity contribution is -0.117. The molecule has 2 N–H and O–H groups in total. The molecule has 2 aromatic heterocycles. The molecule has 1 atom stereocenters. The minimum atomic E-state index is -1.09. The number of carbonyl (C=O) groups excluding carboxylic acids is 2. The van der Waals surface area contributed by atoms with E-state index in [0.717, 1.165) is 16.9 Å². The molecule has 13 heteroatoms. The molecule has 1 aliphatic rings. The molecule has 0 aliphatic carbocycles. The smallest absolute Gasteiger partial charge is 0.296 e. The average molecular weight is 590 g/mol. The van der Waals surface area contributed by atoms with E-state index in [0.29, 0.717) is 25.7 Å². The van der Waals surface area contributed by atoms with Crippen LogP contribution in [0.2, 0.25) is 10.0 Å². The van der Waals surface area contributed by atoms with E-state index in [1.807, 2.05) is 6.07 Å². The second-order valence-electron chi connectivity index (χ2n) is 7.95. The number of Topliss-reactive ketones (excluding diaryl/α,β-unsaturated/α-hetero) is 1. The fourth-order valence-corrected chi connectivity index (χ4v) is 6.32. The Bertz CT molecular complexity index is 1570. The first-order chi connectivity index (χ1) is 18.3. The lowest BCUT2D eigenvalue weighted by Crippen LogP contribution is -2.31. The zero-order valence-electron chi connectivity index (χ0n) is 19.4. The number of anilines is 1. The number of aromatic hydroxyl groups is 1. The number of aliphatic hydroxyl groups is 1. The highest BCUT2D eigenvalue weighted by Gasteiger charge is 2.47. The summed E-state index contributed by atoms with van der Waals surface area (Å²) < 4.78 is 11.0. The topological polar surface area (TPSA) is 126 Å². The SMILES string of the molecule is COc1cc(C2C(C(=O)c3ccco3)=C(O)C(=O)N2c2nnc(SCc3ccc(Cl)cc3Cl)s2)ccc1O. The summed E-state index contributed by atoms with van der Waals surface area (Å²) in [6.07, 6.45) is 1.32. The van der Waals surface area contributed by atoms with Crippen LogP contribution < -0.4 is 9.64 Å². The van der Waals surface area contributed by atoms with Gasteiger partial charge in [-0.25, -0.2) is 0 Å². The third-order valence-electron chi connectivity index (χ3n) is 5.69. The van der Waals surface area contributed by atoms with Crippen molar-refractivity contribution in [1.29, 1.82) is 0 Å². The van der Waals surface area contributed by atoms with Crippen LogP contribution in [0, 0.1) is 0 Å². The molecule has 3 heterocycles. The van der Waals surface area contributed by atoms with Crippen molar-refractivity contribution in [2.75, 3.05) is 12.0 Å². The number of thioether (sulfide) groups is 1. The van der Waals surface area contributed by atoms with Crippen LogP contribution >= 0.6 is 46.3 Å². The van der Waals surface area contributed by atoms with E-state index in [-0.39, 0.29) is 28.0 Å². The molecule has 0 radical (unpaired) electrons. The van der Waals surface area contributed by atoms with Gasteiger partial charge < -0.3 is 19.4 Å². The number of ketones is 1. The van der Waals surface area contributed by atoms with E-state index in [9.17, 15) is 19.8 Å². The molecular formula is C25H17Cl2N3O6S2. The maximum Gasteiger partial charge on any atom is 0.296 e. The summed E-state index contributed by atoms with van der Waals surface area (Å²) in [5.74, 6) is -1.81. The number of carbonyl (C=O) groups is 2. The first-order valence-corrected chi connectivity index (χ1v) is 13.5. The van der Waals surface area contributed by atoms with Crippen LogP contribution in [0.25, 0.3) is 0 Å². The van der Waals surface area contributed by atoms with Crippen LogP contribution in [-0.2, 0) is 10.5 Å². The van der Waals surface area contributed by atoms with Gasteiger partial charge in [0, 0.05) is 15.8 Å². The van der Waals surface area contributed by atoms with E-state index in [4.69, 9.17) is 32.4 Å². The Morgan fingerprint density at radius 3 is 2.71 bits per heavy atom. The number of aliphatic hydroxyl groups excluding tert-OH is 1. The van der Waals surface area contributed by atoms with Gasteiger partial charge in [0.05, 0.1) is 25.0 Å². The molecule has 5 rings (SSSR count). The Morgan fingerprint density at radius 1 is 1.18 bits per heavy atom. The van der Waals surface area contributed by atoms with Gasteiger partial charge in [0.1, 0.15) is 0 Å². The number of benzene rings is 2. The number of hydrogen-bond donors (Lipinski definition) is 2. The first kappa shape index (κ1) is 26.1. The Balaban J connectivity index is 1.51. The molecule has 0 spiro atoms. The van der Waals surface area contributed by atoms with Gasteiger partial charge in [0.2, 0.25) is 10.9 Å². The van der Waals surface area contributed by atoms with Crippen LogP contribution in [0.4, 0.5) is 5.13 Å². The predicted molar refractivity (Wildman–Crippen MR) is 144 cm³/mol. The lowest BCUT2D eigenvalue weighted by Gasteiger charge is -2.24. The summed E-state index contributed by atoms with van der Waals surface area (Å²) in [5.41, 5.74) is 1.04. The summed E-state index contributed by atoms with van der Waals surface area (Å²) in [7, 11) is 1.37. The monoisotopic (exact) mass is 589 g/mol. The zero-order valence-corrected chi connectivity index (χ0v) is 22.6. The Labute approximate surface area is 234 Å². The first-order valence-electron chi connectivity index (χ1n) is 10.9. The predicted octanol–water partition coefficient (Wildman–Crippen LogP) is 6.23. The number of halogens is 2. The van der Waals surface area contributed by atoms with Crippen molar-refractivity contribution >= 4 is 63.1 Å². The van der Waals surface area contributed by atoms with Gasteiger partial charge in [0.25, 0.3) is 5.91 Å². The summed E-state index contributed by atoms with van der Waals surface area (Å²) in [6.45, 7) is 0. The molecule has 1 amide bonds. The minimum absolute atomic E-state index is 0.0507. The molecule has 38 heavy (non-hydrogen) atoms. The van der Waals surface area contributed by atoms with Crippen molar-refractivity contribution in [2.45, 2.75) is 16.1 Å². The molecule has 194 valence electrons. The molecule has 9 nitrogen and oxygen atoms in total. The molecule has 0 bridgehead atoms. The number of ether oxygens (including phenoxy) is 1. The van der Waals surface area contributed by atoms with E-state index < -0.39 is 23.5 Å². The van der Waals surface area contributed by atoms with Gasteiger partial charge in [-0.15, -0.1) is 10.2 Å². The number of phenols is 1. The van der Waals surface area contributed by atoms with Crippen LogP contribution in [0.5, 0.6) is 11.5 Å². The maximum absolute atomic E-state index is 13.3. The average Bonchev–Trinajstić information content (AvgIpc) is 3.65. The Morgan fingerprint density at radius 2 is 2.00 bits per heavy atom. The van der Waals surface area contributed by atoms with Crippen LogP contribution in [0.1, 0.15) is 27.7 Å². The van der Waals surface area contributed by atoms with Crippen molar-refractivity contribution in [3.8, 4) is 11.5 Å². The highest BCUT2D eigenvalue weighted by Crippen LogP contribution is 2.45. The quantitative estimate of drug-likeness (QED) is 0.140. The number of rotatable bonds is 8. The Hall–Kier alpha value is -3.51. The molecule has 0 saturated carbocycles. The summed E-state index contributed by atoms with van der Waals surface area (Å²) in [5, 5.41) is 30.5. The standard InChI is InChI=1S/C25H17Cl2N3O6S2/c1-35-18-9-12(5-7-16(18)31)20-19(21(32)17-3-2-8-36-17)22(33)23(34)30(20)24-28-29-25(38-24)37-11-13-4-6-14(26)10-15(13)27/h2-10,20,31,33H,11H2,1H3. The van der Waals surface area contributed by atoms with Crippen molar-refractivity contribution in [1.82, 2.24) is 10.2 Å². The highest BCUT2D eigenvalue weighted by atomic mass is 35.5. The molecule has 1 aliphatic heterocycles. The zero-order chi connectivity index (χ0) is 27.0. The molecular weight excluding hydrogens is 573 g/mol. The summed E-state index contributed by atoms with van der Waals surface area (Å²) >= 11 is 14.7. The van der Waals surface area contributed by atoms with Gasteiger partial charge in [-0.1, -0.05) is 58.4 Å². The maximum atomic E-state index is 13.3. The van der Waals surface area contributed by atoms with E-state index in [1.54, 1.807) is 12.1 Å². The van der Waals surface area contributed by atoms with Crippen LogP contribution in [-0.4, -0.2) is 39.2 Å². The van der Waals surface area contributed by atoms with Gasteiger partial charge in [-0.3, -0.25) is 14.5 Å². The molecule has 0 fully saturated rings.